The van der Waals surface area contributed by atoms with Crippen LogP contribution in [0, 0.1) is 0 Å². The van der Waals surface area contributed by atoms with Gasteiger partial charge in [-0.2, -0.15) is 5.10 Å². The second-order valence-electron chi connectivity index (χ2n) is 5.58. The van der Waals surface area contributed by atoms with E-state index in [4.69, 9.17) is 4.74 Å². The third kappa shape index (κ3) is 4.57. The first-order valence-corrected chi connectivity index (χ1v) is 8.79. The van der Waals surface area contributed by atoms with Crippen molar-refractivity contribution in [2.24, 2.45) is 0 Å². The molecule has 0 spiro atoms. The molecule has 0 saturated carbocycles. The van der Waals surface area contributed by atoms with Gasteiger partial charge in [0.1, 0.15) is 0 Å². The molecule has 0 radical (unpaired) electrons. The highest BCUT2D eigenvalue weighted by Gasteiger charge is 2.20. The second kappa shape index (κ2) is 8.15. The maximum absolute atomic E-state index is 5.79. The zero-order valence-corrected chi connectivity index (χ0v) is 14.2. The van der Waals surface area contributed by atoms with Crippen molar-refractivity contribution in [3.8, 4) is 0 Å². The van der Waals surface area contributed by atoms with Crippen LogP contribution in [0.3, 0.4) is 0 Å². The van der Waals surface area contributed by atoms with Gasteiger partial charge in [0.05, 0.1) is 18.4 Å². The topological polar surface area (TPSA) is 30.3 Å². The molecule has 1 aliphatic heterocycles. The third-order valence-corrected chi connectivity index (χ3v) is 4.38. The van der Waals surface area contributed by atoms with Crippen molar-refractivity contribution in [1.29, 1.82) is 0 Å². The molecular weight excluding hydrogens is 318 g/mol. The van der Waals surface area contributed by atoms with Crippen LogP contribution in [0.1, 0.15) is 44.8 Å². The van der Waals surface area contributed by atoms with Crippen LogP contribution >= 0.6 is 15.9 Å². The summed E-state index contributed by atoms with van der Waals surface area (Å²) in [5.41, 5.74) is 1.19. The van der Waals surface area contributed by atoms with Gasteiger partial charge in [-0.1, -0.05) is 22.9 Å². The van der Waals surface area contributed by atoms with Crippen molar-refractivity contribution in [3.63, 3.8) is 0 Å². The van der Waals surface area contributed by atoms with E-state index < -0.39 is 0 Å². The highest BCUT2D eigenvalue weighted by molar-refractivity contribution is 9.09. The summed E-state index contributed by atoms with van der Waals surface area (Å²) in [6.45, 7) is 8.43. The van der Waals surface area contributed by atoms with Gasteiger partial charge < -0.3 is 4.74 Å². The number of aromatic nitrogens is 2. The maximum Gasteiger partial charge on any atom is 0.0764 e. The number of ether oxygens (including phenoxy) is 1. The Balaban J connectivity index is 1.76. The number of nitrogens with zero attached hydrogens (tertiary/aromatic N) is 3. The summed E-state index contributed by atoms with van der Waals surface area (Å²) >= 11 is 3.41. The van der Waals surface area contributed by atoms with Crippen molar-refractivity contribution in [2.75, 3.05) is 25.0 Å². The van der Waals surface area contributed by atoms with E-state index in [1.807, 2.05) is 0 Å². The van der Waals surface area contributed by atoms with Crippen LogP contribution in [-0.2, 0) is 11.3 Å². The van der Waals surface area contributed by atoms with Gasteiger partial charge in [-0.15, -0.1) is 0 Å². The van der Waals surface area contributed by atoms with Gasteiger partial charge in [-0.3, -0.25) is 9.58 Å². The van der Waals surface area contributed by atoms with Gasteiger partial charge in [-0.05, 0) is 32.3 Å². The summed E-state index contributed by atoms with van der Waals surface area (Å²) in [7, 11) is 0. The molecule has 1 saturated heterocycles. The molecule has 20 heavy (non-hydrogen) atoms. The Morgan fingerprint density at radius 3 is 2.85 bits per heavy atom. The van der Waals surface area contributed by atoms with E-state index in [2.05, 4.69) is 56.7 Å². The molecule has 1 atom stereocenters. The van der Waals surface area contributed by atoms with Crippen LogP contribution in [-0.4, -0.2) is 45.8 Å². The number of likely N-dealkylation sites (tertiary alicyclic amines) is 1. The highest BCUT2D eigenvalue weighted by Crippen LogP contribution is 2.16. The minimum atomic E-state index is 0.446. The van der Waals surface area contributed by atoms with Crippen LogP contribution in [0.4, 0.5) is 0 Å². The van der Waals surface area contributed by atoms with E-state index in [1.165, 1.54) is 5.69 Å². The lowest BCUT2D eigenvalue weighted by atomic mass is 10.1. The fourth-order valence-corrected chi connectivity index (χ4v) is 2.76. The lowest BCUT2D eigenvalue weighted by molar-refractivity contribution is 0.0138. The summed E-state index contributed by atoms with van der Waals surface area (Å²) in [5.74, 6) is 0. The average molecular weight is 344 g/mol. The molecule has 114 valence electrons. The van der Waals surface area contributed by atoms with Gasteiger partial charge in [0.25, 0.3) is 0 Å². The van der Waals surface area contributed by atoms with Gasteiger partial charge in [0, 0.05) is 37.2 Å². The predicted octanol–water partition coefficient (Wildman–Crippen LogP) is 3.23. The maximum atomic E-state index is 5.79. The van der Waals surface area contributed by atoms with Crippen LogP contribution in [0.15, 0.2) is 12.3 Å². The first-order chi connectivity index (χ1) is 9.72. The second-order valence-corrected chi connectivity index (χ2v) is 6.37. The Kier molecular flexibility index (Phi) is 6.52. The number of alkyl halides is 1. The normalized spacial score (nSPS) is 19.4. The first kappa shape index (κ1) is 16.0. The summed E-state index contributed by atoms with van der Waals surface area (Å²) in [6, 6.07) is 2.65. The number of rotatable bonds is 7. The Morgan fingerprint density at radius 1 is 1.45 bits per heavy atom. The summed E-state index contributed by atoms with van der Waals surface area (Å²) in [5, 5.41) is 5.61. The average Bonchev–Trinajstić information content (AvgIpc) is 2.94. The lowest BCUT2D eigenvalue weighted by Gasteiger charge is -2.31. The molecular formula is C15H26BrN3O. The molecule has 4 nitrogen and oxygen atoms in total. The van der Waals surface area contributed by atoms with Gasteiger partial charge in [0.2, 0.25) is 0 Å². The zero-order chi connectivity index (χ0) is 14.4. The van der Waals surface area contributed by atoms with Crippen LogP contribution in [0.5, 0.6) is 0 Å². The Bertz CT molecular complexity index is 388. The van der Waals surface area contributed by atoms with Crippen LogP contribution in [0.2, 0.25) is 0 Å². The molecule has 1 aromatic rings. The highest BCUT2D eigenvalue weighted by atomic mass is 79.9. The lowest BCUT2D eigenvalue weighted by Crippen LogP contribution is -2.36. The minimum Gasteiger partial charge on any atom is -0.377 e. The third-order valence-electron chi connectivity index (χ3n) is 4.06. The first-order valence-electron chi connectivity index (χ1n) is 7.67. The number of hydrogen-bond acceptors (Lipinski definition) is 3. The molecule has 2 rings (SSSR count). The van der Waals surface area contributed by atoms with Crippen molar-refractivity contribution in [1.82, 2.24) is 14.7 Å². The Morgan fingerprint density at radius 2 is 2.20 bits per heavy atom. The van der Waals surface area contributed by atoms with Gasteiger partial charge in [0.15, 0.2) is 0 Å². The summed E-state index contributed by atoms with van der Waals surface area (Å²) in [6.07, 6.45) is 5.95. The quantitative estimate of drug-likeness (QED) is 0.712. The fraction of sp³-hybridized carbons (Fsp3) is 0.800. The molecule has 1 unspecified atom stereocenters. The number of piperidine rings is 1. The van der Waals surface area contributed by atoms with E-state index >= 15 is 0 Å². The van der Waals surface area contributed by atoms with E-state index in [0.29, 0.717) is 12.1 Å². The summed E-state index contributed by atoms with van der Waals surface area (Å²) < 4.78 is 7.87. The fourth-order valence-electron chi connectivity index (χ4n) is 2.57. The number of halogens is 1. The molecule has 1 aromatic heterocycles. The molecule has 1 aliphatic rings. The molecule has 0 aromatic carbocycles. The SMILES string of the molecule is CCC(C)n1ccc(CN2CCC(OCCBr)CC2)n1. The van der Waals surface area contributed by atoms with Gasteiger partial charge >= 0.3 is 0 Å². The molecule has 0 N–H and O–H groups in total. The molecule has 0 aliphatic carbocycles. The summed E-state index contributed by atoms with van der Waals surface area (Å²) in [4.78, 5) is 2.48. The molecule has 0 amide bonds. The Hall–Kier alpha value is -0.390. The monoisotopic (exact) mass is 343 g/mol. The Labute approximate surface area is 130 Å². The van der Waals surface area contributed by atoms with E-state index in [-0.39, 0.29) is 0 Å². The van der Waals surface area contributed by atoms with Crippen LogP contribution < -0.4 is 0 Å². The zero-order valence-electron chi connectivity index (χ0n) is 12.6. The van der Waals surface area contributed by atoms with E-state index in [9.17, 15) is 0 Å². The van der Waals surface area contributed by atoms with E-state index in [1.54, 1.807) is 0 Å². The van der Waals surface area contributed by atoms with E-state index in [0.717, 1.165) is 50.8 Å². The largest absolute Gasteiger partial charge is 0.377 e. The van der Waals surface area contributed by atoms with Crippen molar-refractivity contribution in [2.45, 2.75) is 51.8 Å². The van der Waals surface area contributed by atoms with Gasteiger partial charge in [-0.25, -0.2) is 0 Å². The predicted molar refractivity (Wildman–Crippen MR) is 85.3 cm³/mol. The minimum absolute atomic E-state index is 0.446. The smallest absolute Gasteiger partial charge is 0.0764 e. The molecule has 0 bridgehead atoms. The van der Waals surface area contributed by atoms with Crippen molar-refractivity contribution in [3.05, 3.63) is 18.0 Å². The molecule has 5 heteroatoms. The number of hydrogen-bond donors (Lipinski definition) is 0. The van der Waals surface area contributed by atoms with Crippen LogP contribution in [0.25, 0.3) is 0 Å². The molecule has 2 heterocycles. The van der Waals surface area contributed by atoms with Crippen molar-refractivity contribution >= 4 is 15.9 Å². The molecule has 1 fully saturated rings. The standard InChI is InChI=1S/C15H26BrN3O/c1-3-13(2)19-10-4-14(17-19)12-18-8-5-15(6-9-18)20-11-7-16/h4,10,13,15H,3,5-9,11-12H2,1-2H3. The van der Waals surface area contributed by atoms with Crippen molar-refractivity contribution < 1.29 is 4.74 Å².